The van der Waals surface area contributed by atoms with Gasteiger partial charge >= 0.3 is 0 Å². The summed E-state index contributed by atoms with van der Waals surface area (Å²) in [5.41, 5.74) is 2.74. The van der Waals surface area contributed by atoms with Gasteiger partial charge in [0.15, 0.2) is 0 Å². The molecule has 2 aromatic rings. The highest BCUT2D eigenvalue weighted by atomic mass is 16.5. The van der Waals surface area contributed by atoms with Gasteiger partial charge in [0.05, 0.1) is 0 Å². The maximum atomic E-state index is 9.43. The number of carbonyl (C=O) groups is 1. The largest absolute Gasteiger partial charge is 0.457 e. The Morgan fingerprint density at radius 3 is 1.61 bits per heavy atom. The van der Waals surface area contributed by atoms with Crippen LogP contribution in [0.2, 0.25) is 0 Å². The van der Waals surface area contributed by atoms with Crippen LogP contribution in [0.25, 0.3) is 0 Å². The van der Waals surface area contributed by atoms with Crippen LogP contribution in [0.15, 0.2) is 48.5 Å². The molecule has 0 unspecified atom stereocenters. The topological polar surface area (TPSA) is 29.5 Å². The van der Waals surface area contributed by atoms with E-state index in [-0.39, 0.29) is 5.41 Å². The first-order valence-electron chi connectivity index (χ1n) is 7.69. The van der Waals surface area contributed by atoms with Gasteiger partial charge in [-0.25, -0.2) is 0 Å². The number of nitrogens with zero attached hydrogens (tertiary/aromatic N) is 1. The van der Waals surface area contributed by atoms with Crippen LogP contribution in [0.3, 0.4) is 0 Å². The lowest BCUT2D eigenvalue weighted by atomic mass is 9.87. The number of ether oxygens (including phenoxy) is 1. The first-order valence-corrected chi connectivity index (χ1v) is 7.69. The van der Waals surface area contributed by atoms with E-state index in [4.69, 9.17) is 4.74 Å². The second-order valence-corrected chi connectivity index (χ2v) is 6.76. The van der Waals surface area contributed by atoms with Gasteiger partial charge in [0, 0.05) is 14.1 Å². The van der Waals surface area contributed by atoms with Crippen molar-refractivity contribution in [3.63, 3.8) is 0 Å². The van der Waals surface area contributed by atoms with Crippen LogP contribution in [0.4, 0.5) is 0 Å². The predicted octanol–water partition coefficient (Wildman–Crippen LogP) is 4.79. The first-order chi connectivity index (χ1) is 10.7. The highest BCUT2D eigenvalue weighted by Gasteiger charge is 2.12. The molecule has 0 N–H and O–H groups in total. The molecule has 23 heavy (non-hydrogen) atoms. The smallest absolute Gasteiger partial charge is 0.209 e. The normalized spacial score (nSPS) is 10.3. The number of hydrogen-bond acceptors (Lipinski definition) is 2. The molecule has 124 valence electrons. The van der Waals surface area contributed by atoms with Crippen LogP contribution in [0, 0.1) is 6.92 Å². The van der Waals surface area contributed by atoms with Gasteiger partial charge in [0.25, 0.3) is 0 Å². The van der Waals surface area contributed by atoms with Crippen molar-refractivity contribution in [2.75, 3.05) is 14.1 Å². The van der Waals surface area contributed by atoms with Crippen LogP contribution in [0.1, 0.15) is 31.9 Å². The Labute approximate surface area is 139 Å². The molecule has 0 spiro atoms. The quantitative estimate of drug-likeness (QED) is 0.763. The van der Waals surface area contributed by atoms with Crippen molar-refractivity contribution in [2.45, 2.75) is 33.1 Å². The number of hydrogen-bond donors (Lipinski definition) is 0. The molecule has 0 radical (unpaired) electrons. The van der Waals surface area contributed by atoms with Crippen LogP contribution in [0.5, 0.6) is 11.5 Å². The number of aryl methyl sites for hydroxylation is 1. The molecule has 0 fully saturated rings. The Morgan fingerprint density at radius 2 is 1.26 bits per heavy atom. The van der Waals surface area contributed by atoms with E-state index in [0.29, 0.717) is 0 Å². The van der Waals surface area contributed by atoms with E-state index in [9.17, 15) is 4.79 Å². The zero-order valence-electron chi connectivity index (χ0n) is 15.0. The fourth-order valence-electron chi connectivity index (χ4n) is 1.77. The summed E-state index contributed by atoms with van der Waals surface area (Å²) in [6.45, 7) is 8.70. The van der Waals surface area contributed by atoms with Crippen LogP contribution >= 0.6 is 0 Å². The molecule has 2 aromatic carbocycles. The Balaban J connectivity index is 0.000000463. The zero-order chi connectivity index (χ0) is 17.5. The molecule has 0 atom stereocenters. The molecule has 0 saturated heterocycles. The molecule has 0 aliphatic heterocycles. The molecule has 3 heteroatoms. The Bertz CT molecular complexity index is 593. The molecule has 0 aromatic heterocycles. The maximum Gasteiger partial charge on any atom is 0.209 e. The SMILES string of the molecule is CN(C)C=O.Cc1ccc(Oc2ccc(C(C)(C)C)cc2)cc1. The minimum atomic E-state index is 0.183. The fourth-order valence-corrected chi connectivity index (χ4v) is 1.77. The molecule has 0 saturated carbocycles. The van der Waals surface area contributed by atoms with Gasteiger partial charge in [-0.1, -0.05) is 50.6 Å². The lowest BCUT2D eigenvalue weighted by molar-refractivity contribution is -0.115. The minimum absolute atomic E-state index is 0.183. The minimum Gasteiger partial charge on any atom is -0.457 e. The highest BCUT2D eigenvalue weighted by Crippen LogP contribution is 2.26. The summed E-state index contributed by atoms with van der Waals surface area (Å²) in [4.78, 5) is 10.9. The molecule has 1 amide bonds. The van der Waals surface area contributed by atoms with E-state index in [1.54, 1.807) is 14.1 Å². The summed E-state index contributed by atoms with van der Waals surface area (Å²) >= 11 is 0. The summed E-state index contributed by atoms with van der Waals surface area (Å²) in [6, 6.07) is 16.4. The van der Waals surface area contributed by atoms with E-state index < -0.39 is 0 Å². The molecular formula is C20H27NO2. The highest BCUT2D eigenvalue weighted by molar-refractivity contribution is 5.45. The van der Waals surface area contributed by atoms with Crippen molar-refractivity contribution in [1.29, 1.82) is 0 Å². The summed E-state index contributed by atoms with van der Waals surface area (Å²) in [6.07, 6.45) is 0.750. The van der Waals surface area contributed by atoms with Crippen LogP contribution < -0.4 is 4.74 Å². The van der Waals surface area contributed by atoms with Gasteiger partial charge in [0.1, 0.15) is 11.5 Å². The monoisotopic (exact) mass is 313 g/mol. The van der Waals surface area contributed by atoms with Crippen molar-refractivity contribution < 1.29 is 9.53 Å². The second kappa shape index (κ2) is 8.37. The maximum absolute atomic E-state index is 9.43. The van der Waals surface area contributed by atoms with Crippen molar-refractivity contribution in [2.24, 2.45) is 0 Å². The van der Waals surface area contributed by atoms with Gasteiger partial charge in [-0.2, -0.15) is 0 Å². The molecule has 0 aliphatic carbocycles. The third-order valence-corrected chi connectivity index (χ3v) is 3.19. The fraction of sp³-hybridized carbons (Fsp3) is 0.350. The lowest BCUT2D eigenvalue weighted by Gasteiger charge is -2.19. The van der Waals surface area contributed by atoms with E-state index >= 15 is 0 Å². The third kappa shape index (κ3) is 7.00. The van der Waals surface area contributed by atoms with Gasteiger partial charge in [-0.3, -0.25) is 4.79 Å². The van der Waals surface area contributed by atoms with Crippen molar-refractivity contribution in [3.8, 4) is 11.5 Å². The molecule has 0 heterocycles. The van der Waals surface area contributed by atoms with Gasteiger partial charge in [-0.05, 0) is 42.2 Å². The van der Waals surface area contributed by atoms with E-state index in [1.165, 1.54) is 16.0 Å². The van der Waals surface area contributed by atoms with Gasteiger partial charge < -0.3 is 9.64 Å². The predicted molar refractivity (Wildman–Crippen MR) is 96.1 cm³/mol. The second-order valence-electron chi connectivity index (χ2n) is 6.76. The summed E-state index contributed by atoms with van der Waals surface area (Å²) < 4.78 is 5.80. The van der Waals surface area contributed by atoms with E-state index in [2.05, 4.69) is 52.0 Å². The first kappa shape index (κ1) is 18.8. The van der Waals surface area contributed by atoms with E-state index in [0.717, 1.165) is 17.9 Å². The average Bonchev–Trinajstić information content (AvgIpc) is 2.50. The Kier molecular flexibility index (Phi) is 6.83. The van der Waals surface area contributed by atoms with Crippen molar-refractivity contribution in [3.05, 3.63) is 59.7 Å². The zero-order valence-corrected chi connectivity index (χ0v) is 15.0. The number of benzene rings is 2. The molecular weight excluding hydrogens is 286 g/mol. The van der Waals surface area contributed by atoms with Crippen molar-refractivity contribution in [1.82, 2.24) is 4.90 Å². The third-order valence-electron chi connectivity index (χ3n) is 3.19. The Morgan fingerprint density at radius 1 is 0.870 bits per heavy atom. The summed E-state index contributed by atoms with van der Waals surface area (Å²) in [7, 11) is 3.38. The van der Waals surface area contributed by atoms with Crippen LogP contribution in [-0.4, -0.2) is 25.4 Å². The van der Waals surface area contributed by atoms with Crippen LogP contribution in [-0.2, 0) is 10.2 Å². The standard InChI is InChI=1S/C17H20O.C3H7NO/c1-13-5-9-15(10-6-13)18-16-11-7-14(8-12-16)17(2,3)4;1-4(2)3-5/h5-12H,1-4H3;3H,1-2H3. The molecule has 3 nitrogen and oxygen atoms in total. The molecule has 2 rings (SSSR count). The number of rotatable bonds is 3. The number of carbonyl (C=O) groups excluding carboxylic acids is 1. The molecule has 0 bridgehead atoms. The number of amides is 1. The van der Waals surface area contributed by atoms with Gasteiger partial charge in [0.2, 0.25) is 6.41 Å². The molecule has 0 aliphatic rings. The lowest BCUT2D eigenvalue weighted by Crippen LogP contribution is -2.10. The summed E-state index contributed by atoms with van der Waals surface area (Å²) in [5, 5.41) is 0. The average molecular weight is 313 g/mol. The van der Waals surface area contributed by atoms with Crippen molar-refractivity contribution >= 4 is 6.41 Å². The Hall–Kier alpha value is -2.29. The van der Waals surface area contributed by atoms with Gasteiger partial charge in [-0.15, -0.1) is 0 Å². The van der Waals surface area contributed by atoms with E-state index in [1.807, 2.05) is 24.3 Å². The summed E-state index contributed by atoms with van der Waals surface area (Å²) in [5.74, 6) is 1.76.